The Morgan fingerprint density at radius 1 is 1.32 bits per heavy atom. The standard InChI is InChI=1S/C18H27NO3/c1-3-18(21)15-4-6-17(7-5-15)22-13-16(20)12-19-10-8-14(2)9-11-19/h4-7,14,16,20H,3,8-13H2,1-2H3/p+1/t16-/m0/s1. The molecule has 0 bridgehead atoms. The average Bonchev–Trinajstić information content (AvgIpc) is 2.55. The van der Waals surface area contributed by atoms with Crippen molar-refractivity contribution in [3.05, 3.63) is 29.8 Å². The van der Waals surface area contributed by atoms with Gasteiger partial charge < -0.3 is 14.7 Å². The number of aliphatic hydroxyl groups excluding tert-OH is 1. The fraction of sp³-hybridized carbons (Fsp3) is 0.611. The lowest BCUT2D eigenvalue weighted by atomic mass is 9.99. The van der Waals surface area contributed by atoms with Crippen LogP contribution in [0.25, 0.3) is 0 Å². The zero-order valence-corrected chi connectivity index (χ0v) is 13.7. The van der Waals surface area contributed by atoms with Gasteiger partial charge in [0.05, 0.1) is 13.1 Å². The van der Waals surface area contributed by atoms with Crippen LogP contribution in [-0.4, -0.2) is 43.2 Å². The Morgan fingerprint density at radius 3 is 2.55 bits per heavy atom. The minimum absolute atomic E-state index is 0.134. The van der Waals surface area contributed by atoms with Crippen molar-refractivity contribution in [2.45, 2.75) is 39.2 Å². The van der Waals surface area contributed by atoms with Crippen LogP contribution in [0.15, 0.2) is 24.3 Å². The van der Waals surface area contributed by atoms with E-state index in [9.17, 15) is 9.90 Å². The molecular weight excluding hydrogens is 278 g/mol. The fourth-order valence-corrected chi connectivity index (χ4v) is 2.90. The number of aliphatic hydroxyl groups is 1. The summed E-state index contributed by atoms with van der Waals surface area (Å²) in [6.45, 7) is 7.49. The van der Waals surface area contributed by atoms with Crippen molar-refractivity contribution < 1.29 is 19.5 Å². The second-order valence-electron chi connectivity index (χ2n) is 6.40. The van der Waals surface area contributed by atoms with Gasteiger partial charge in [0, 0.05) is 12.0 Å². The summed E-state index contributed by atoms with van der Waals surface area (Å²) in [5.41, 5.74) is 0.710. The molecule has 0 spiro atoms. The van der Waals surface area contributed by atoms with Gasteiger partial charge in [0.2, 0.25) is 0 Å². The van der Waals surface area contributed by atoms with E-state index in [-0.39, 0.29) is 5.78 Å². The SMILES string of the molecule is CCC(=O)c1ccc(OC[C@@H](O)C[NH+]2CCC(C)CC2)cc1. The summed E-state index contributed by atoms with van der Waals surface area (Å²) in [4.78, 5) is 13.0. The number of piperidine rings is 1. The Labute approximate surface area is 133 Å². The number of hydrogen-bond acceptors (Lipinski definition) is 3. The molecule has 0 radical (unpaired) electrons. The molecule has 0 saturated carbocycles. The Bertz CT molecular complexity index is 464. The number of Topliss-reactive ketones (excluding diaryl/α,β-unsaturated/α-hetero) is 1. The van der Waals surface area contributed by atoms with E-state index in [0.717, 1.165) is 25.6 Å². The van der Waals surface area contributed by atoms with Crippen molar-refractivity contribution in [3.63, 3.8) is 0 Å². The molecule has 122 valence electrons. The van der Waals surface area contributed by atoms with Crippen molar-refractivity contribution in [1.29, 1.82) is 0 Å². The molecule has 2 rings (SSSR count). The van der Waals surface area contributed by atoms with Gasteiger partial charge in [-0.1, -0.05) is 13.8 Å². The van der Waals surface area contributed by atoms with Gasteiger partial charge in [-0.15, -0.1) is 0 Å². The first-order chi connectivity index (χ1) is 10.6. The molecule has 1 fully saturated rings. The molecule has 1 heterocycles. The van der Waals surface area contributed by atoms with Crippen LogP contribution in [0, 0.1) is 5.92 Å². The first-order valence-corrected chi connectivity index (χ1v) is 8.36. The molecule has 1 aliphatic heterocycles. The van der Waals surface area contributed by atoms with Crippen LogP contribution in [-0.2, 0) is 0 Å². The van der Waals surface area contributed by atoms with Gasteiger partial charge >= 0.3 is 0 Å². The number of ether oxygens (including phenoxy) is 1. The van der Waals surface area contributed by atoms with Gasteiger partial charge in [0.1, 0.15) is 25.0 Å². The Kier molecular flexibility index (Phi) is 6.40. The van der Waals surface area contributed by atoms with Crippen molar-refractivity contribution in [2.24, 2.45) is 5.92 Å². The number of carbonyl (C=O) groups excluding carboxylic acids is 1. The lowest BCUT2D eigenvalue weighted by Crippen LogP contribution is -3.14. The molecule has 0 aliphatic carbocycles. The number of benzene rings is 1. The lowest BCUT2D eigenvalue weighted by molar-refractivity contribution is -0.909. The van der Waals surface area contributed by atoms with Crippen LogP contribution in [0.4, 0.5) is 0 Å². The summed E-state index contributed by atoms with van der Waals surface area (Å²) < 4.78 is 5.62. The van der Waals surface area contributed by atoms with E-state index in [1.54, 1.807) is 24.3 Å². The van der Waals surface area contributed by atoms with Gasteiger partial charge in [0.15, 0.2) is 5.78 Å². The molecule has 0 amide bonds. The van der Waals surface area contributed by atoms with E-state index in [4.69, 9.17) is 4.74 Å². The fourth-order valence-electron chi connectivity index (χ4n) is 2.90. The predicted molar refractivity (Wildman–Crippen MR) is 86.5 cm³/mol. The Morgan fingerprint density at radius 2 is 1.95 bits per heavy atom. The van der Waals surface area contributed by atoms with E-state index in [1.807, 2.05) is 6.92 Å². The van der Waals surface area contributed by atoms with Crippen molar-refractivity contribution >= 4 is 5.78 Å². The molecule has 22 heavy (non-hydrogen) atoms. The highest BCUT2D eigenvalue weighted by atomic mass is 16.5. The summed E-state index contributed by atoms with van der Waals surface area (Å²) >= 11 is 0. The van der Waals surface area contributed by atoms with Gasteiger partial charge in [-0.3, -0.25) is 4.79 Å². The highest BCUT2D eigenvalue weighted by molar-refractivity contribution is 5.95. The monoisotopic (exact) mass is 306 g/mol. The topological polar surface area (TPSA) is 51.0 Å². The van der Waals surface area contributed by atoms with E-state index in [2.05, 4.69) is 6.92 Å². The van der Waals surface area contributed by atoms with Gasteiger partial charge in [-0.25, -0.2) is 0 Å². The van der Waals surface area contributed by atoms with Gasteiger partial charge in [-0.05, 0) is 43.0 Å². The van der Waals surface area contributed by atoms with Crippen molar-refractivity contribution in [1.82, 2.24) is 0 Å². The third-order valence-corrected chi connectivity index (χ3v) is 4.45. The van der Waals surface area contributed by atoms with Crippen LogP contribution in [0.1, 0.15) is 43.5 Å². The molecule has 1 atom stereocenters. The minimum atomic E-state index is -0.444. The summed E-state index contributed by atoms with van der Waals surface area (Å²) in [7, 11) is 0. The van der Waals surface area contributed by atoms with Gasteiger partial charge in [-0.2, -0.15) is 0 Å². The number of hydrogen-bond donors (Lipinski definition) is 2. The van der Waals surface area contributed by atoms with Crippen molar-refractivity contribution in [3.8, 4) is 5.75 Å². The first kappa shape index (κ1) is 17.0. The maximum atomic E-state index is 11.6. The van der Waals surface area contributed by atoms with Crippen LogP contribution in [0.3, 0.4) is 0 Å². The molecule has 0 aromatic heterocycles. The summed E-state index contributed by atoms with van der Waals surface area (Å²) in [6.07, 6.45) is 2.56. The highest BCUT2D eigenvalue weighted by Crippen LogP contribution is 2.13. The van der Waals surface area contributed by atoms with Crippen LogP contribution < -0.4 is 9.64 Å². The maximum Gasteiger partial charge on any atom is 0.162 e. The van der Waals surface area contributed by atoms with Crippen LogP contribution in [0.5, 0.6) is 5.75 Å². The summed E-state index contributed by atoms with van der Waals surface area (Å²) in [6, 6.07) is 7.16. The molecule has 1 aliphatic rings. The van der Waals surface area contributed by atoms with Crippen LogP contribution in [0.2, 0.25) is 0 Å². The molecule has 1 aromatic rings. The quantitative estimate of drug-likeness (QED) is 0.747. The third kappa shape index (κ3) is 5.11. The second-order valence-corrected chi connectivity index (χ2v) is 6.40. The number of carbonyl (C=O) groups is 1. The molecule has 4 heteroatoms. The zero-order valence-electron chi connectivity index (χ0n) is 13.7. The highest BCUT2D eigenvalue weighted by Gasteiger charge is 2.21. The zero-order chi connectivity index (χ0) is 15.9. The average molecular weight is 306 g/mol. The number of likely N-dealkylation sites (tertiary alicyclic amines) is 1. The minimum Gasteiger partial charge on any atom is -0.491 e. The predicted octanol–water partition coefficient (Wildman–Crippen LogP) is 1.33. The molecule has 1 saturated heterocycles. The number of rotatable bonds is 7. The smallest absolute Gasteiger partial charge is 0.162 e. The second kappa shape index (κ2) is 8.30. The molecular formula is C18H28NO3+. The van der Waals surface area contributed by atoms with E-state index >= 15 is 0 Å². The van der Waals surface area contributed by atoms with E-state index in [0.29, 0.717) is 24.3 Å². The summed E-state index contributed by atoms with van der Waals surface area (Å²) in [5, 5.41) is 10.1. The normalized spacial score (nSPS) is 23.0. The Balaban J connectivity index is 1.74. The first-order valence-electron chi connectivity index (χ1n) is 8.36. The molecule has 4 nitrogen and oxygen atoms in total. The third-order valence-electron chi connectivity index (χ3n) is 4.45. The Hall–Kier alpha value is -1.39. The van der Waals surface area contributed by atoms with E-state index in [1.165, 1.54) is 17.7 Å². The van der Waals surface area contributed by atoms with E-state index < -0.39 is 6.10 Å². The molecule has 1 aromatic carbocycles. The summed E-state index contributed by atoms with van der Waals surface area (Å²) in [5.74, 6) is 1.66. The number of ketones is 1. The van der Waals surface area contributed by atoms with Gasteiger partial charge in [0.25, 0.3) is 0 Å². The molecule has 2 N–H and O–H groups in total. The van der Waals surface area contributed by atoms with Crippen molar-refractivity contribution in [2.75, 3.05) is 26.2 Å². The maximum absolute atomic E-state index is 11.6. The lowest BCUT2D eigenvalue weighted by Gasteiger charge is -2.28. The largest absolute Gasteiger partial charge is 0.491 e. The molecule has 0 unspecified atom stereocenters. The van der Waals surface area contributed by atoms with Crippen LogP contribution >= 0.6 is 0 Å². The number of nitrogens with one attached hydrogen (secondary N) is 1. The number of quaternary nitrogens is 1.